The van der Waals surface area contributed by atoms with E-state index in [2.05, 4.69) is 9.99 Å². The Balaban J connectivity index is 2.19. The van der Waals surface area contributed by atoms with Gasteiger partial charge < -0.3 is 15.3 Å². The van der Waals surface area contributed by atoms with Crippen molar-refractivity contribution in [3.63, 3.8) is 0 Å². The highest BCUT2D eigenvalue weighted by Crippen LogP contribution is 2.29. The largest absolute Gasteiger partial charge is 0.496 e. The van der Waals surface area contributed by atoms with Gasteiger partial charge in [0.05, 0.1) is 12.7 Å². The molecule has 0 saturated carbocycles. The Morgan fingerprint density at radius 1 is 1.12 bits per heavy atom. The molecule has 0 spiro atoms. The number of amidine groups is 1. The van der Waals surface area contributed by atoms with E-state index in [1.165, 1.54) is 25.3 Å². The summed E-state index contributed by atoms with van der Waals surface area (Å²) in [5, 5.41) is 3.39. The zero-order valence-electron chi connectivity index (χ0n) is 12.5. The summed E-state index contributed by atoms with van der Waals surface area (Å²) >= 11 is 0. The lowest BCUT2D eigenvalue weighted by Crippen LogP contribution is -2.17. The zero-order valence-corrected chi connectivity index (χ0v) is 12.5. The Bertz CT molecular complexity index is 773. The number of hydrogen-bond donors (Lipinski definition) is 1. The molecule has 5 nitrogen and oxygen atoms in total. The van der Waals surface area contributed by atoms with E-state index in [4.69, 9.17) is 10.5 Å². The van der Waals surface area contributed by atoms with Gasteiger partial charge >= 0.3 is 12.1 Å². The first-order valence-electron chi connectivity index (χ1n) is 6.68. The normalized spacial score (nSPS) is 11.9. The van der Waals surface area contributed by atoms with Crippen molar-refractivity contribution in [2.45, 2.75) is 6.18 Å². The summed E-state index contributed by atoms with van der Waals surface area (Å²) in [5.74, 6) is -0.929. The van der Waals surface area contributed by atoms with Gasteiger partial charge in [0.15, 0.2) is 5.84 Å². The fourth-order valence-corrected chi connectivity index (χ4v) is 1.86. The van der Waals surface area contributed by atoms with Crippen LogP contribution in [0.4, 0.5) is 13.2 Å². The van der Waals surface area contributed by atoms with Gasteiger partial charge in [0.1, 0.15) is 11.3 Å². The molecule has 0 aliphatic heterocycles. The number of benzene rings is 2. The van der Waals surface area contributed by atoms with E-state index in [1.54, 1.807) is 18.2 Å². The molecule has 0 aliphatic rings. The van der Waals surface area contributed by atoms with Crippen molar-refractivity contribution in [2.24, 2.45) is 10.9 Å². The maximum atomic E-state index is 12.7. The van der Waals surface area contributed by atoms with Gasteiger partial charge in [-0.2, -0.15) is 13.2 Å². The summed E-state index contributed by atoms with van der Waals surface area (Å²) in [5.41, 5.74) is 4.79. The van der Waals surface area contributed by atoms with E-state index in [0.717, 1.165) is 12.1 Å². The standard InChI is InChI=1S/C16H13F3N2O3/c1-23-13-8-3-2-7-12(13)15(22)24-21-14(20)10-5-4-6-11(9-10)16(17,18)19/h2-9H,1H3,(H2,20,21). The highest BCUT2D eigenvalue weighted by atomic mass is 19.4. The number of carbonyl (C=O) groups excluding carboxylic acids is 1. The van der Waals surface area contributed by atoms with Crippen LogP contribution >= 0.6 is 0 Å². The third kappa shape index (κ3) is 4.03. The molecule has 2 rings (SSSR count). The minimum absolute atomic E-state index is 0.0161. The van der Waals surface area contributed by atoms with E-state index in [-0.39, 0.29) is 22.7 Å². The van der Waals surface area contributed by atoms with Gasteiger partial charge in [-0.05, 0) is 24.3 Å². The van der Waals surface area contributed by atoms with E-state index in [9.17, 15) is 18.0 Å². The minimum atomic E-state index is -4.51. The molecule has 24 heavy (non-hydrogen) atoms. The Hall–Kier alpha value is -3.03. The molecule has 0 aromatic heterocycles. The second kappa shape index (κ2) is 7.03. The maximum Gasteiger partial charge on any atom is 0.416 e. The lowest BCUT2D eigenvalue weighted by atomic mass is 10.1. The highest BCUT2D eigenvalue weighted by molar-refractivity contribution is 5.98. The van der Waals surface area contributed by atoms with Gasteiger partial charge in [-0.15, -0.1) is 0 Å². The van der Waals surface area contributed by atoms with Crippen LogP contribution in [0.25, 0.3) is 0 Å². The van der Waals surface area contributed by atoms with Crippen LogP contribution in [0.3, 0.4) is 0 Å². The predicted octanol–water partition coefficient (Wildman–Crippen LogP) is 3.19. The van der Waals surface area contributed by atoms with Gasteiger partial charge in [-0.25, -0.2) is 4.79 Å². The molecule has 0 bridgehead atoms. The summed E-state index contributed by atoms with van der Waals surface area (Å²) < 4.78 is 43.0. The Morgan fingerprint density at radius 2 is 1.83 bits per heavy atom. The molecule has 0 fully saturated rings. The number of hydrogen-bond acceptors (Lipinski definition) is 4. The second-order valence-electron chi connectivity index (χ2n) is 4.63. The maximum absolute atomic E-state index is 12.7. The number of nitrogens with two attached hydrogens (primary N) is 1. The van der Waals surface area contributed by atoms with E-state index in [1.807, 2.05) is 0 Å². The topological polar surface area (TPSA) is 73.9 Å². The fourth-order valence-electron chi connectivity index (χ4n) is 1.86. The van der Waals surface area contributed by atoms with Crippen LogP contribution in [0.5, 0.6) is 5.75 Å². The average molecular weight is 338 g/mol. The third-order valence-electron chi connectivity index (χ3n) is 3.04. The van der Waals surface area contributed by atoms with Crippen LogP contribution in [-0.2, 0) is 11.0 Å². The van der Waals surface area contributed by atoms with Crippen LogP contribution in [0.15, 0.2) is 53.7 Å². The van der Waals surface area contributed by atoms with Gasteiger partial charge in [0.2, 0.25) is 0 Å². The zero-order chi connectivity index (χ0) is 17.7. The molecule has 2 aromatic carbocycles. The third-order valence-corrected chi connectivity index (χ3v) is 3.04. The van der Waals surface area contributed by atoms with E-state index in [0.29, 0.717) is 0 Å². The van der Waals surface area contributed by atoms with Gasteiger partial charge in [-0.1, -0.05) is 29.4 Å². The van der Waals surface area contributed by atoms with Crippen LogP contribution < -0.4 is 10.5 Å². The molecule has 2 aromatic rings. The van der Waals surface area contributed by atoms with E-state index >= 15 is 0 Å². The van der Waals surface area contributed by atoms with Gasteiger partial charge in [0.25, 0.3) is 0 Å². The lowest BCUT2D eigenvalue weighted by Gasteiger charge is -2.08. The van der Waals surface area contributed by atoms with Crippen molar-refractivity contribution >= 4 is 11.8 Å². The predicted molar refractivity (Wildman–Crippen MR) is 80.6 cm³/mol. The Kier molecular flexibility index (Phi) is 5.08. The average Bonchev–Trinajstić information content (AvgIpc) is 2.58. The summed E-state index contributed by atoms with van der Waals surface area (Å²) in [4.78, 5) is 16.6. The Labute approximate surface area is 135 Å². The minimum Gasteiger partial charge on any atom is -0.496 e. The van der Waals surface area contributed by atoms with Gasteiger partial charge in [-0.3, -0.25) is 0 Å². The number of ether oxygens (including phenoxy) is 1. The number of oxime groups is 1. The quantitative estimate of drug-likeness (QED) is 0.402. The second-order valence-corrected chi connectivity index (χ2v) is 4.63. The van der Waals surface area contributed by atoms with Crippen molar-refractivity contribution in [1.82, 2.24) is 0 Å². The number of rotatable bonds is 4. The number of nitrogens with zero attached hydrogens (tertiary/aromatic N) is 1. The van der Waals surface area contributed by atoms with Crippen molar-refractivity contribution in [2.75, 3.05) is 7.11 Å². The van der Waals surface area contributed by atoms with Crippen molar-refractivity contribution in [3.05, 3.63) is 65.2 Å². The molecule has 8 heteroatoms. The summed E-state index contributed by atoms with van der Waals surface area (Å²) in [6, 6.07) is 10.5. The number of para-hydroxylation sites is 1. The molecule has 0 radical (unpaired) electrons. The molecular formula is C16H13F3N2O3. The molecule has 2 N–H and O–H groups in total. The smallest absolute Gasteiger partial charge is 0.416 e. The molecule has 0 unspecified atom stereocenters. The molecule has 0 saturated heterocycles. The van der Waals surface area contributed by atoms with Crippen molar-refractivity contribution in [1.29, 1.82) is 0 Å². The fraction of sp³-hybridized carbons (Fsp3) is 0.125. The monoisotopic (exact) mass is 338 g/mol. The molecule has 126 valence electrons. The van der Waals surface area contributed by atoms with Gasteiger partial charge in [0, 0.05) is 5.56 Å². The summed E-state index contributed by atoms with van der Waals surface area (Å²) in [6.45, 7) is 0. The van der Waals surface area contributed by atoms with Crippen LogP contribution in [0.1, 0.15) is 21.5 Å². The summed E-state index contributed by atoms with van der Waals surface area (Å²) in [6.07, 6.45) is -4.51. The van der Waals surface area contributed by atoms with Crippen LogP contribution in [0.2, 0.25) is 0 Å². The number of alkyl halides is 3. The first-order chi connectivity index (χ1) is 11.3. The van der Waals surface area contributed by atoms with Crippen LogP contribution in [0, 0.1) is 0 Å². The first-order valence-corrected chi connectivity index (χ1v) is 6.68. The molecular weight excluding hydrogens is 325 g/mol. The molecule has 0 atom stereocenters. The summed E-state index contributed by atoms with van der Waals surface area (Å²) in [7, 11) is 1.38. The van der Waals surface area contributed by atoms with Crippen LogP contribution in [-0.4, -0.2) is 18.9 Å². The van der Waals surface area contributed by atoms with E-state index < -0.39 is 17.7 Å². The van der Waals surface area contributed by atoms with Crippen molar-refractivity contribution in [3.8, 4) is 5.75 Å². The Morgan fingerprint density at radius 3 is 2.50 bits per heavy atom. The molecule has 0 heterocycles. The highest BCUT2D eigenvalue weighted by Gasteiger charge is 2.30. The number of methoxy groups -OCH3 is 1. The molecule has 0 aliphatic carbocycles. The van der Waals surface area contributed by atoms with Crippen molar-refractivity contribution < 1.29 is 27.5 Å². The number of halogens is 3. The molecule has 0 amide bonds. The SMILES string of the molecule is COc1ccccc1C(=O)O/N=C(\N)c1cccc(C(F)(F)F)c1. The lowest BCUT2D eigenvalue weighted by molar-refractivity contribution is -0.137. The number of carbonyl (C=O) groups is 1. The first kappa shape index (κ1) is 17.3.